The molecule has 2 aromatic carbocycles. The monoisotopic (exact) mass is 469 g/mol. The third-order valence-corrected chi connectivity index (χ3v) is 5.50. The predicted octanol–water partition coefficient (Wildman–Crippen LogP) is 6.10. The standard InChI is InChI=1S/C18H17F4NS.C2HF3O2/c19-15-2-1-3-16(17(15)12-8-10-23-11-9-12)24-14-6-4-13(5-7-14)18(20,21)22;3-2(4,5)1(6)7/h1-7,12,23H,8-11H2;(H,6,7). The van der Waals surface area contributed by atoms with Crippen LogP contribution in [0.5, 0.6) is 0 Å². The predicted molar refractivity (Wildman–Crippen MR) is 101 cm³/mol. The summed E-state index contributed by atoms with van der Waals surface area (Å²) in [6, 6.07) is 9.93. The number of carboxylic acids is 1. The molecule has 0 radical (unpaired) electrons. The highest BCUT2D eigenvalue weighted by atomic mass is 32.2. The van der Waals surface area contributed by atoms with Crippen LogP contribution in [0, 0.1) is 5.82 Å². The van der Waals surface area contributed by atoms with Crippen molar-refractivity contribution in [3.63, 3.8) is 0 Å². The summed E-state index contributed by atoms with van der Waals surface area (Å²) < 4.78 is 84.0. The Morgan fingerprint density at radius 3 is 2.00 bits per heavy atom. The maximum absolute atomic E-state index is 14.4. The fourth-order valence-electron chi connectivity index (χ4n) is 2.95. The molecule has 170 valence electrons. The van der Waals surface area contributed by atoms with Crippen LogP contribution in [0.3, 0.4) is 0 Å². The number of alkyl halides is 6. The molecule has 0 amide bonds. The van der Waals surface area contributed by atoms with Crippen molar-refractivity contribution in [2.24, 2.45) is 0 Å². The van der Waals surface area contributed by atoms with Crippen molar-refractivity contribution in [2.75, 3.05) is 13.1 Å². The van der Waals surface area contributed by atoms with Gasteiger partial charge in [0.2, 0.25) is 0 Å². The molecule has 1 aliphatic rings. The minimum atomic E-state index is -5.08. The van der Waals surface area contributed by atoms with E-state index in [2.05, 4.69) is 5.32 Å². The number of piperidine rings is 1. The van der Waals surface area contributed by atoms with Gasteiger partial charge in [-0.3, -0.25) is 0 Å². The minimum Gasteiger partial charge on any atom is -0.475 e. The number of carboxylic acid groups (broad SMARTS) is 1. The Morgan fingerprint density at radius 1 is 0.968 bits per heavy atom. The van der Waals surface area contributed by atoms with Gasteiger partial charge in [0.1, 0.15) is 5.82 Å². The molecule has 1 saturated heterocycles. The van der Waals surface area contributed by atoms with Crippen LogP contribution < -0.4 is 5.32 Å². The number of nitrogens with one attached hydrogen (secondary N) is 1. The number of aliphatic carboxylic acids is 1. The Bertz CT molecular complexity index is 877. The van der Waals surface area contributed by atoms with Gasteiger partial charge in [0.25, 0.3) is 0 Å². The zero-order chi connectivity index (χ0) is 23.2. The third-order valence-electron chi connectivity index (χ3n) is 4.41. The van der Waals surface area contributed by atoms with Gasteiger partial charge in [-0.05, 0) is 68.2 Å². The van der Waals surface area contributed by atoms with E-state index in [1.165, 1.54) is 30.0 Å². The lowest BCUT2D eigenvalue weighted by atomic mass is 9.90. The Labute approximate surface area is 177 Å². The first-order valence-corrected chi connectivity index (χ1v) is 9.85. The number of hydrogen-bond acceptors (Lipinski definition) is 3. The molecule has 1 heterocycles. The van der Waals surface area contributed by atoms with Crippen LogP contribution in [0.25, 0.3) is 0 Å². The molecule has 2 N–H and O–H groups in total. The average Bonchev–Trinajstić information content (AvgIpc) is 2.68. The van der Waals surface area contributed by atoms with Crippen molar-refractivity contribution in [1.29, 1.82) is 0 Å². The summed E-state index contributed by atoms with van der Waals surface area (Å²) in [5.41, 5.74) is 0.00793. The quantitative estimate of drug-likeness (QED) is 0.534. The van der Waals surface area contributed by atoms with Gasteiger partial charge in [-0.1, -0.05) is 17.8 Å². The number of halogens is 7. The van der Waals surface area contributed by atoms with Crippen LogP contribution in [0.1, 0.15) is 29.9 Å². The van der Waals surface area contributed by atoms with Crippen LogP contribution in [0.15, 0.2) is 52.3 Å². The van der Waals surface area contributed by atoms with Gasteiger partial charge in [0, 0.05) is 15.4 Å². The molecule has 0 saturated carbocycles. The average molecular weight is 469 g/mol. The van der Waals surface area contributed by atoms with E-state index < -0.39 is 23.9 Å². The normalized spacial score (nSPS) is 15.2. The molecule has 0 unspecified atom stereocenters. The molecule has 11 heteroatoms. The highest BCUT2D eigenvalue weighted by Gasteiger charge is 2.38. The van der Waals surface area contributed by atoms with Gasteiger partial charge in [-0.2, -0.15) is 26.3 Å². The van der Waals surface area contributed by atoms with Crippen LogP contribution in [-0.4, -0.2) is 30.3 Å². The fourth-order valence-corrected chi connectivity index (χ4v) is 4.00. The molecule has 3 rings (SSSR count). The lowest BCUT2D eigenvalue weighted by Crippen LogP contribution is -2.27. The highest BCUT2D eigenvalue weighted by Crippen LogP contribution is 2.39. The van der Waals surface area contributed by atoms with E-state index in [0.717, 1.165) is 43.0 Å². The van der Waals surface area contributed by atoms with Crippen molar-refractivity contribution >= 4 is 17.7 Å². The molecule has 0 aromatic heterocycles. The summed E-state index contributed by atoms with van der Waals surface area (Å²) in [6.45, 7) is 1.70. The molecule has 0 atom stereocenters. The molecule has 1 fully saturated rings. The van der Waals surface area contributed by atoms with E-state index in [0.29, 0.717) is 10.5 Å². The van der Waals surface area contributed by atoms with Gasteiger partial charge in [-0.15, -0.1) is 0 Å². The largest absolute Gasteiger partial charge is 0.490 e. The Morgan fingerprint density at radius 2 is 1.52 bits per heavy atom. The fraction of sp³-hybridized carbons (Fsp3) is 0.350. The number of benzene rings is 2. The number of hydrogen-bond donors (Lipinski definition) is 2. The molecule has 1 aliphatic heterocycles. The van der Waals surface area contributed by atoms with Gasteiger partial charge in [-0.25, -0.2) is 9.18 Å². The molecular formula is C20H18F7NO2S. The van der Waals surface area contributed by atoms with Crippen LogP contribution in [-0.2, 0) is 11.0 Å². The van der Waals surface area contributed by atoms with Crippen molar-refractivity contribution in [2.45, 2.75) is 40.9 Å². The van der Waals surface area contributed by atoms with Crippen molar-refractivity contribution in [3.05, 3.63) is 59.4 Å². The van der Waals surface area contributed by atoms with Crippen LogP contribution in [0.2, 0.25) is 0 Å². The van der Waals surface area contributed by atoms with E-state index in [9.17, 15) is 30.7 Å². The maximum atomic E-state index is 14.4. The Hall–Kier alpha value is -2.27. The SMILES string of the molecule is Fc1cccc(Sc2ccc(C(F)(F)F)cc2)c1C1CCNCC1.O=C(O)C(F)(F)F. The Kier molecular flexibility index (Phi) is 8.35. The molecule has 0 spiro atoms. The van der Waals surface area contributed by atoms with E-state index >= 15 is 0 Å². The smallest absolute Gasteiger partial charge is 0.475 e. The summed E-state index contributed by atoms with van der Waals surface area (Å²) in [7, 11) is 0. The maximum Gasteiger partial charge on any atom is 0.490 e. The van der Waals surface area contributed by atoms with Gasteiger partial charge in [0.05, 0.1) is 5.56 Å². The lowest BCUT2D eigenvalue weighted by Gasteiger charge is -2.25. The molecule has 0 bridgehead atoms. The zero-order valence-electron chi connectivity index (χ0n) is 15.9. The summed E-state index contributed by atoms with van der Waals surface area (Å²) in [5, 5.41) is 10.4. The molecule has 3 nitrogen and oxygen atoms in total. The Balaban J connectivity index is 0.000000423. The zero-order valence-corrected chi connectivity index (χ0v) is 16.7. The molecule has 31 heavy (non-hydrogen) atoms. The highest BCUT2D eigenvalue weighted by molar-refractivity contribution is 7.99. The van der Waals surface area contributed by atoms with E-state index in [1.54, 1.807) is 6.07 Å². The topological polar surface area (TPSA) is 49.3 Å². The van der Waals surface area contributed by atoms with Gasteiger partial charge < -0.3 is 10.4 Å². The summed E-state index contributed by atoms with van der Waals surface area (Å²) >= 11 is 1.31. The van der Waals surface area contributed by atoms with Gasteiger partial charge >= 0.3 is 18.3 Å². The van der Waals surface area contributed by atoms with Crippen LogP contribution >= 0.6 is 11.8 Å². The van der Waals surface area contributed by atoms with E-state index in [1.807, 2.05) is 6.07 Å². The summed E-state index contributed by atoms with van der Waals surface area (Å²) in [4.78, 5) is 10.3. The van der Waals surface area contributed by atoms with Crippen LogP contribution in [0.4, 0.5) is 30.7 Å². The summed E-state index contributed by atoms with van der Waals surface area (Å²) in [6.07, 6.45) is -7.70. The lowest BCUT2D eigenvalue weighted by molar-refractivity contribution is -0.192. The molecule has 2 aromatic rings. The molecule has 0 aliphatic carbocycles. The van der Waals surface area contributed by atoms with Crippen molar-refractivity contribution in [3.8, 4) is 0 Å². The summed E-state index contributed by atoms with van der Waals surface area (Å²) in [5.74, 6) is -2.85. The van der Waals surface area contributed by atoms with Gasteiger partial charge in [0.15, 0.2) is 0 Å². The first kappa shape index (κ1) is 25.0. The second kappa shape index (κ2) is 10.4. The van der Waals surface area contributed by atoms with Crippen molar-refractivity contribution < 1.29 is 40.6 Å². The second-order valence-corrected chi connectivity index (χ2v) is 7.72. The third kappa shape index (κ3) is 7.42. The number of rotatable bonds is 3. The van der Waals surface area contributed by atoms with Crippen molar-refractivity contribution in [1.82, 2.24) is 5.32 Å². The second-order valence-electron chi connectivity index (χ2n) is 6.60. The first-order valence-electron chi connectivity index (χ1n) is 9.04. The van der Waals surface area contributed by atoms with E-state index in [4.69, 9.17) is 9.90 Å². The minimum absolute atomic E-state index is 0.143. The molecular weight excluding hydrogens is 451 g/mol. The van der Waals surface area contributed by atoms with E-state index in [-0.39, 0.29) is 11.7 Å². The first-order chi connectivity index (χ1) is 14.4. The number of carbonyl (C=O) groups is 1.